The largest absolute Gasteiger partial charge is 0.351 e. The van der Waals surface area contributed by atoms with Crippen molar-refractivity contribution in [3.63, 3.8) is 0 Å². The topological polar surface area (TPSA) is 52.8 Å². The standard InChI is InChI=1S/C12H16N4/c1-2-3-8-16(10-4-5-10)12-11(9-13)14-6-7-15-12/h6-7,10H,2-5,8H2,1H3. The second-order valence-electron chi connectivity index (χ2n) is 4.12. The van der Waals surface area contributed by atoms with Crippen molar-refractivity contribution in [2.24, 2.45) is 0 Å². The Morgan fingerprint density at radius 2 is 2.19 bits per heavy atom. The van der Waals surface area contributed by atoms with Gasteiger partial charge in [0.05, 0.1) is 0 Å². The maximum absolute atomic E-state index is 9.02. The van der Waals surface area contributed by atoms with E-state index >= 15 is 0 Å². The van der Waals surface area contributed by atoms with E-state index < -0.39 is 0 Å². The number of anilines is 1. The van der Waals surface area contributed by atoms with Crippen LogP contribution in [0.15, 0.2) is 12.4 Å². The molecule has 0 amide bonds. The predicted octanol–water partition coefficient (Wildman–Crippen LogP) is 2.12. The number of rotatable bonds is 5. The third-order valence-electron chi connectivity index (χ3n) is 2.80. The molecule has 1 heterocycles. The molecule has 0 atom stereocenters. The minimum atomic E-state index is 0.450. The van der Waals surface area contributed by atoms with E-state index in [4.69, 9.17) is 5.26 Å². The van der Waals surface area contributed by atoms with Gasteiger partial charge in [0.1, 0.15) is 6.07 Å². The van der Waals surface area contributed by atoms with E-state index in [0.29, 0.717) is 11.7 Å². The molecule has 4 nitrogen and oxygen atoms in total. The Labute approximate surface area is 95.9 Å². The van der Waals surface area contributed by atoms with Crippen LogP contribution >= 0.6 is 0 Å². The van der Waals surface area contributed by atoms with Gasteiger partial charge in [0, 0.05) is 25.0 Å². The fourth-order valence-electron chi connectivity index (χ4n) is 1.80. The smallest absolute Gasteiger partial charge is 0.183 e. The lowest BCUT2D eigenvalue weighted by atomic mass is 10.3. The first-order valence-corrected chi connectivity index (χ1v) is 5.84. The van der Waals surface area contributed by atoms with Crippen LogP contribution in [0.3, 0.4) is 0 Å². The fraction of sp³-hybridized carbons (Fsp3) is 0.583. The minimum absolute atomic E-state index is 0.450. The van der Waals surface area contributed by atoms with Crippen LogP contribution in [0, 0.1) is 11.3 Å². The molecule has 4 heteroatoms. The highest BCUT2D eigenvalue weighted by Gasteiger charge is 2.31. The monoisotopic (exact) mass is 216 g/mol. The summed E-state index contributed by atoms with van der Waals surface area (Å²) in [7, 11) is 0. The summed E-state index contributed by atoms with van der Waals surface area (Å²) in [5.74, 6) is 0.765. The molecule has 0 N–H and O–H groups in total. The Kier molecular flexibility index (Phi) is 3.35. The first-order valence-electron chi connectivity index (χ1n) is 5.84. The molecule has 0 unspecified atom stereocenters. The minimum Gasteiger partial charge on any atom is -0.351 e. The van der Waals surface area contributed by atoms with Crippen molar-refractivity contribution < 1.29 is 0 Å². The fourth-order valence-corrected chi connectivity index (χ4v) is 1.80. The Balaban J connectivity index is 2.20. The second-order valence-corrected chi connectivity index (χ2v) is 4.12. The summed E-state index contributed by atoms with van der Waals surface area (Å²) < 4.78 is 0. The molecular weight excluding hydrogens is 200 g/mol. The predicted molar refractivity (Wildman–Crippen MR) is 62.0 cm³/mol. The van der Waals surface area contributed by atoms with Crippen molar-refractivity contribution in [2.75, 3.05) is 11.4 Å². The number of hydrogen-bond donors (Lipinski definition) is 0. The highest BCUT2D eigenvalue weighted by molar-refractivity contribution is 5.51. The quantitative estimate of drug-likeness (QED) is 0.756. The van der Waals surface area contributed by atoms with Crippen molar-refractivity contribution >= 4 is 5.82 Å². The summed E-state index contributed by atoms with van der Waals surface area (Å²) in [5.41, 5.74) is 0.450. The number of aromatic nitrogens is 2. The van der Waals surface area contributed by atoms with Crippen molar-refractivity contribution in [2.45, 2.75) is 38.6 Å². The first-order chi connectivity index (χ1) is 7.86. The van der Waals surface area contributed by atoms with Gasteiger partial charge in [-0.25, -0.2) is 9.97 Å². The molecule has 1 saturated carbocycles. The second kappa shape index (κ2) is 4.93. The molecule has 1 fully saturated rings. The Bertz CT molecular complexity index is 392. The van der Waals surface area contributed by atoms with Crippen molar-refractivity contribution in [1.82, 2.24) is 9.97 Å². The highest BCUT2D eigenvalue weighted by atomic mass is 15.2. The molecule has 0 spiro atoms. The van der Waals surface area contributed by atoms with Gasteiger partial charge in [0.15, 0.2) is 11.5 Å². The van der Waals surface area contributed by atoms with Crippen LogP contribution in [-0.2, 0) is 0 Å². The third-order valence-corrected chi connectivity index (χ3v) is 2.80. The van der Waals surface area contributed by atoms with Gasteiger partial charge in [0.25, 0.3) is 0 Å². The zero-order chi connectivity index (χ0) is 11.4. The maximum Gasteiger partial charge on any atom is 0.183 e. The molecule has 0 radical (unpaired) electrons. The van der Waals surface area contributed by atoms with E-state index in [1.807, 2.05) is 0 Å². The summed E-state index contributed by atoms with van der Waals surface area (Å²) in [6.07, 6.45) is 7.96. The average Bonchev–Trinajstić information content (AvgIpc) is 3.14. The number of nitrogens with zero attached hydrogens (tertiary/aromatic N) is 4. The summed E-state index contributed by atoms with van der Waals surface area (Å²) in [5, 5.41) is 9.02. The van der Waals surface area contributed by atoms with Gasteiger partial charge < -0.3 is 4.90 Å². The lowest BCUT2D eigenvalue weighted by Crippen LogP contribution is -2.28. The van der Waals surface area contributed by atoms with Crippen molar-refractivity contribution in [3.05, 3.63) is 18.1 Å². The van der Waals surface area contributed by atoms with Crippen molar-refractivity contribution in [3.8, 4) is 6.07 Å². The molecular formula is C12H16N4. The van der Waals surface area contributed by atoms with Crippen LogP contribution in [0.4, 0.5) is 5.82 Å². The van der Waals surface area contributed by atoms with Gasteiger partial charge in [-0.15, -0.1) is 0 Å². The van der Waals surface area contributed by atoms with Crippen molar-refractivity contribution in [1.29, 1.82) is 5.26 Å². The van der Waals surface area contributed by atoms with Crippen LogP contribution in [0.5, 0.6) is 0 Å². The Hall–Kier alpha value is -1.63. The van der Waals surface area contributed by atoms with E-state index in [1.165, 1.54) is 12.8 Å². The van der Waals surface area contributed by atoms with E-state index in [2.05, 4.69) is 27.9 Å². The molecule has 1 aromatic rings. The summed E-state index contributed by atoms with van der Waals surface area (Å²) in [6.45, 7) is 3.15. The Morgan fingerprint density at radius 1 is 1.44 bits per heavy atom. The highest BCUT2D eigenvalue weighted by Crippen LogP contribution is 2.31. The zero-order valence-corrected chi connectivity index (χ0v) is 9.56. The van der Waals surface area contributed by atoms with E-state index in [0.717, 1.165) is 25.2 Å². The van der Waals surface area contributed by atoms with Gasteiger partial charge in [-0.05, 0) is 19.3 Å². The molecule has 84 valence electrons. The van der Waals surface area contributed by atoms with Crippen LogP contribution < -0.4 is 4.90 Å². The van der Waals surface area contributed by atoms with E-state index in [9.17, 15) is 0 Å². The van der Waals surface area contributed by atoms with Crippen LogP contribution in [0.1, 0.15) is 38.3 Å². The van der Waals surface area contributed by atoms with Gasteiger partial charge in [0.2, 0.25) is 0 Å². The molecule has 16 heavy (non-hydrogen) atoms. The van der Waals surface area contributed by atoms with E-state index in [-0.39, 0.29) is 0 Å². The molecule has 0 bridgehead atoms. The maximum atomic E-state index is 9.02. The molecule has 1 aliphatic carbocycles. The average molecular weight is 216 g/mol. The van der Waals surface area contributed by atoms with Gasteiger partial charge in [-0.2, -0.15) is 5.26 Å². The SMILES string of the molecule is CCCCN(c1nccnc1C#N)C1CC1. The van der Waals surface area contributed by atoms with E-state index in [1.54, 1.807) is 12.4 Å². The lowest BCUT2D eigenvalue weighted by Gasteiger charge is -2.23. The normalized spacial score (nSPS) is 14.5. The van der Waals surface area contributed by atoms with Crippen LogP contribution in [-0.4, -0.2) is 22.6 Å². The lowest BCUT2D eigenvalue weighted by molar-refractivity contribution is 0.701. The zero-order valence-electron chi connectivity index (χ0n) is 9.56. The number of nitriles is 1. The summed E-state index contributed by atoms with van der Waals surface area (Å²) >= 11 is 0. The molecule has 0 aliphatic heterocycles. The number of hydrogen-bond acceptors (Lipinski definition) is 4. The van der Waals surface area contributed by atoms with Gasteiger partial charge in [-0.3, -0.25) is 0 Å². The summed E-state index contributed by atoms with van der Waals surface area (Å²) in [4.78, 5) is 10.6. The summed E-state index contributed by atoms with van der Waals surface area (Å²) in [6, 6.07) is 2.70. The Morgan fingerprint density at radius 3 is 2.81 bits per heavy atom. The molecule has 0 saturated heterocycles. The van der Waals surface area contributed by atoms with Crippen LogP contribution in [0.2, 0.25) is 0 Å². The molecule has 0 aromatic carbocycles. The first kappa shape index (κ1) is 10.9. The number of unbranched alkanes of at least 4 members (excludes halogenated alkanes) is 1. The van der Waals surface area contributed by atoms with Gasteiger partial charge in [-0.1, -0.05) is 13.3 Å². The molecule has 2 rings (SSSR count). The molecule has 1 aromatic heterocycles. The third kappa shape index (κ3) is 2.30. The van der Waals surface area contributed by atoms with Gasteiger partial charge >= 0.3 is 0 Å². The molecule has 1 aliphatic rings. The van der Waals surface area contributed by atoms with Crippen LogP contribution in [0.25, 0.3) is 0 Å².